The molecular formula is C16H24N6O. The number of aromatic nitrogens is 4. The number of rotatable bonds is 4. The van der Waals surface area contributed by atoms with Gasteiger partial charge < -0.3 is 9.88 Å². The molecule has 1 amide bonds. The Morgan fingerprint density at radius 3 is 2.87 bits per heavy atom. The number of nitrogens with one attached hydrogen (secondary N) is 1. The highest BCUT2D eigenvalue weighted by Gasteiger charge is 2.34. The lowest BCUT2D eigenvalue weighted by atomic mass is 9.96. The number of hydrogen-bond donors (Lipinski definition) is 1. The van der Waals surface area contributed by atoms with Gasteiger partial charge in [0.15, 0.2) is 0 Å². The van der Waals surface area contributed by atoms with Gasteiger partial charge in [0, 0.05) is 51.5 Å². The molecule has 2 aromatic rings. The molecular weight excluding hydrogens is 292 g/mol. The fraction of sp³-hybridized carbons (Fsp3) is 0.562. The maximum atomic E-state index is 12.6. The van der Waals surface area contributed by atoms with Crippen LogP contribution in [0.4, 0.5) is 0 Å². The molecule has 23 heavy (non-hydrogen) atoms. The molecule has 0 bridgehead atoms. The normalized spacial score (nSPS) is 18.2. The quantitative estimate of drug-likeness (QED) is 0.905. The summed E-state index contributed by atoms with van der Waals surface area (Å²) in [5.74, 6) is -0.119. The summed E-state index contributed by atoms with van der Waals surface area (Å²) in [6.45, 7) is 6.20. The molecule has 0 aromatic carbocycles. The number of fused-ring (bicyclic) bond motifs is 1. The second-order valence-electron chi connectivity index (χ2n) is 6.60. The summed E-state index contributed by atoms with van der Waals surface area (Å²) in [7, 11) is 3.87. The highest BCUT2D eigenvalue weighted by molar-refractivity contribution is 5.84. The summed E-state index contributed by atoms with van der Waals surface area (Å²) in [6, 6.07) is 0.132. The molecule has 1 aliphatic rings. The average Bonchev–Trinajstić information content (AvgIpc) is 3.04. The molecule has 2 aromatic heterocycles. The van der Waals surface area contributed by atoms with Crippen molar-refractivity contribution < 1.29 is 4.79 Å². The molecule has 0 saturated carbocycles. The minimum Gasteiger partial charge on any atom is -0.353 e. The van der Waals surface area contributed by atoms with Crippen molar-refractivity contribution in [2.24, 2.45) is 14.1 Å². The van der Waals surface area contributed by atoms with E-state index in [-0.39, 0.29) is 17.9 Å². The minimum atomic E-state index is -0.190. The third-order valence-electron chi connectivity index (χ3n) is 4.12. The van der Waals surface area contributed by atoms with E-state index in [1.807, 2.05) is 44.9 Å². The number of carbonyl (C=O) groups excluding carboxylic acids is 1. The highest BCUT2D eigenvalue weighted by atomic mass is 16.2. The van der Waals surface area contributed by atoms with Gasteiger partial charge in [-0.05, 0) is 13.8 Å². The van der Waals surface area contributed by atoms with Crippen LogP contribution in [-0.4, -0.2) is 42.7 Å². The Labute approximate surface area is 136 Å². The van der Waals surface area contributed by atoms with Gasteiger partial charge in [-0.15, -0.1) is 0 Å². The van der Waals surface area contributed by atoms with Crippen LogP contribution in [-0.2, 0) is 32.0 Å². The third kappa shape index (κ3) is 3.29. The number of imidazole rings is 1. The zero-order chi connectivity index (χ0) is 16.6. The molecule has 0 radical (unpaired) electrons. The summed E-state index contributed by atoms with van der Waals surface area (Å²) >= 11 is 0. The topological polar surface area (TPSA) is 68.0 Å². The van der Waals surface area contributed by atoms with Crippen molar-refractivity contribution >= 4 is 5.91 Å². The van der Waals surface area contributed by atoms with Crippen LogP contribution < -0.4 is 5.32 Å². The molecule has 3 heterocycles. The highest BCUT2D eigenvalue weighted by Crippen LogP contribution is 2.28. The van der Waals surface area contributed by atoms with E-state index in [2.05, 4.69) is 20.3 Å². The average molecular weight is 316 g/mol. The Balaban J connectivity index is 1.83. The molecule has 0 fully saturated rings. The molecule has 1 N–H and O–H groups in total. The molecule has 0 spiro atoms. The van der Waals surface area contributed by atoms with Crippen LogP contribution in [0, 0.1) is 0 Å². The minimum absolute atomic E-state index is 0.0701. The van der Waals surface area contributed by atoms with E-state index >= 15 is 0 Å². The van der Waals surface area contributed by atoms with Crippen molar-refractivity contribution in [1.29, 1.82) is 0 Å². The van der Waals surface area contributed by atoms with Crippen LogP contribution in [0.2, 0.25) is 0 Å². The SMILES string of the molecule is CC(C)NC(=O)[C@@H]1CN(Cc2cnn(C)c2)Cc2ncn(C)c21. The van der Waals surface area contributed by atoms with E-state index in [1.54, 1.807) is 11.0 Å². The lowest BCUT2D eigenvalue weighted by Gasteiger charge is -2.32. The first-order chi connectivity index (χ1) is 10.9. The largest absolute Gasteiger partial charge is 0.353 e. The Morgan fingerprint density at radius 1 is 1.43 bits per heavy atom. The first-order valence-corrected chi connectivity index (χ1v) is 7.94. The predicted octanol–water partition coefficient (Wildman–Crippen LogP) is 0.778. The zero-order valence-electron chi connectivity index (χ0n) is 14.2. The van der Waals surface area contributed by atoms with Gasteiger partial charge in [-0.1, -0.05) is 0 Å². The van der Waals surface area contributed by atoms with Gasteiger partial charge in [-0.3, -0.25) is 14.4 Å². The summed E-state index contributed by atoms with van der Waals surface area (Å²) in [5.41, 5.74) is 3.17. The van der Waals surface area contributed by atoms with Crippen molar-refractivity contribution in [2.75, 3.05) is 6.54 Å². The van der Waals surface area contributed by atoms with Crippen LogP contribution in [0.1, 0.15) is 36.7 Å². The Bertz CT molecular complexity index is 701. The van der Waals surface area contributed by atoms with E-state index in [0.717, 1.165) is 30.0 Å². The van der Waals surface area contributed by atoms with Crippen molar-refractivity contribution in [3.8, 4) is 0 Å². The van der Waals surface area contributed by atoms with Crippen LogP contribution in [0.15, 0.2) is 18.7 Å². The lowest BCUT2D eigenvalue weighted by molar-refractivity contribution is -0.124. The standard InChI is InChI=1S/C16H24N6O/c1-11(2)19-16(23)13-8-22(7-12-5-18-21(4)6-12)9-14-15(13)20(3)10-17-14/h5-6,10-11,13H,7-9H2,1-4H3,(H,19,23)/t13-/m1/s1. The van der Waals surface area contributed by atoms with Gasteiger partial charge in [0.05, 0.1) is 29.8 Å². The van der Waals surface area contributed by atoms with Crippen LogP contribution in [0.3, 0.4) is 0 Å². The van der Waals surface area contributed by atoms with E-state index in [0.29, 0.717) is 6.54 Å². The fourth-order valence-corrected chi connectivity index (χ4v) is 3.20. The molecule has 124 valence electrons. The van der Waals surface area contributed by atoms with Crippen LogP contribution in [0.25, 0.3) is 0 Å². The lowest BCUT2D eigenvalue weighted by Crippen LogP contribution is -2.43. The molecule has 1 aliphatic heterocycles. The molecule has 1 atom stereocenters. The van der Waals surface area contributed by atoms with Crippen molar-refractivity contribution in [3.63, 3.8) is 0 Å². The number of aryl methyl sites for hydroxylation is 2. The number of carbonyl (C=O) groups is 1. The molecule has 0 unspecified atom stereocenters. The summed E-state index contributed by atoms with van der Waals surface area (Å²) < 4.78 is 3.77. The van der Waals surface area contributed by atoms with Crippen LogP contribution >= 0.6 is 0 Å². The first kappa shape index (κ1) is 15.7. The van der Waals surface area contributed by atoms with Crippen molar-refractivity contribution in [1.82, 2.24) is 29.5 Å². The van der Waals surface area contributed by atoms with Gasteiger partial charge in [-0.25, -0.2) is 4.98 Å². The van der Waals surface area contributed by atoms with Gasteiger partial charge >= 0.3 is 0 Å². The second-order valence-corrected chi connectivity index (χ2v) is 6.60. The summed E-state index contributed by atoms with van der Waals surface area (Å²) in [6.07, 6.45) is 5.68. The second kappa shape index (κ2) is 6.16. The van der Waals surface area contributed by atoms with Gasteiger partial charge in [0.1, 0.15) is 0 Å². The molecule has 7 heteroatoms. The van der Waals surface area contributed by atoms with E-state index in [9.17, 15) is 4.79 Å². The van der Waals surface area contributed by atoms with Crippen LogP contribution in [0.5, 0.6) is 0 Å². The third-order valence-corrected chi connectivity index (χ3v) is 4.12. The summed E-state index contributed by atoms with van der Waals surface area (Å²) in [5, 5.41) is 7.25. The van der Waals surface area contributed by atoms with Crippen molar-refractivity contribution in [3.05, 3.63) is 35.7 Å². The van der Waals surface area contributed by atoms with Gasteiger partial charge in [0.25, 0.3) is 0 Å². The Hall–Kier alpha value is -2.15. The number of nitrogens with zero attached hydrogens (tertiary/aromatic N) is 5. The predicted molar refractivity (Wildman–Crippen MR) is 86.5 cm³/mol. The molecule has 0 aliphatic carbocycles. The van der Waals surface area contributed by atoms with Crippen molar-refractivity contribution in [2.45, 2.75) is 38.9 Å². The van der Waals surface area contributed by atoms with E-state index < -0.39 is 0 Å². The number of hydrogen-bond acceptors (Lipinski definition) is 4. The first-order valence-electron chi connectivity index (χ1n) is 7.94. The maximum Gasteiger partial charge on any atom is 0.230 e. The molecule has 7 nitrogen and oxygen atoms in total. The Morgan fingerprint density at radius 2 is 2.22 bits per heavy atom. The summed E-state index contributed by atoms with van der Waals surface area (Å²) in [4.78, 5) is 19.4. The zero-order valence-corrected chi connectivity index (χ0v) is 14.2. The van der Waals surface area contributed by atoms with E-state index in [1.165, 1.54) is 0 Å². The Kier molecular flexibility index (Phi) is 4.21. The fourth-order valence-electron chi connectivity index (χ4n) is 3.20. The van der Waals surface area contributed by atoms with Gasteiger partial charge in [-0.2, -0.15) is 5.10 Å². The molecule has 3 rings (SSSR count). The monoisotopic (exact) mass is 316 g/mol. The van der Waals surface area contributed by atoms with Gasteiger partial charge in [0.2, 0.25) is 5.91 Å². The smallest absolute Gasteiger partial charge is 0.230 e. The van der Waals surface area contributed by atoms with E-state index in [4.69, 9.17) is 0 Å². The number of amides is 1. The maximum absolute atomic E-state index is 12.6. The molecule has 0 saturated heterocycles.